The standard InChI is InChI=1S/C33H21N5O10S/c39-25(17-5-11-21(27(41)42)23(13-17)29(45)46)15-1-7-19(8-2-15)34-31-36-32(38-33(49)37-31)35-20-9-3-16(4-10-20)26(40)18-6-12-22(28(43)44)24(14-18)30(47)48/h1-14H,(H,41,42)(H,43,44)(H,45,46)(H,47,48)(H3,34,35,36,37,38,49). The van der Waals surface area contributed by atoms with Gasteiger partial charge in [-0.05, 0) is 72.8 Å². The number of benzene rings is 4. The summed E-state index contributed by atoms with van der Waals surface area (Å²) in [6.07, 6.45) is 0. The summed E-state index contributed by atoms with van der Waals surface area (Å²) in [6.45, 7) is 0. The average molecular weight is 680 g/mol. The van der Waals surface area contributed by atoms with Crippen LogP contribution in [-0.4, -0.2) is 70.8 Å². The number of hydrogen-bond acceptors (Lipinski definition) is 12. The molecule has 5 rings (SSSR count). The van der Waals surface area contributed by atoms with Crippen molar-refractivity contribution in [2.24, 2.45) is 0 Å². The number of rotatable bonds is 12. The van der Waals surface area contributed by atoms with Crippen molar-refractivity contribution in [2.75, 3.05) is 10.6 Å². The van der Waals surface area contributed by atoms with Gasteiger partial charge in [-0.2, -0.15) is 15.0 Å². The predicted octanol–water partition coefficient (Wildman–Crippen LogP) is 4.90. The minimum atomic E-state index is -1.48. The second kappa shape index (κ2) is 13.8. The Kier molecular flexibility index (Phi) is 9.42. The van der Waals surface area contributed by atoms with E-state index < -0.39 is 57.7 Å². The highest BCUT2D eigenvalue weighted by Crippen LogP contribution is 2.23. The number of nitrogens with one attached hydrogen (secondary N) is 2. The minimum Gasteiger partial charge on any atom is -0.478 e. The molecule has 0 saturated carbocycles. The normalized spacial score (nSPS) is 10.6. The number of carbonyl (C=O) groups excluding carboxylic acids is 2. The van der Waals surface area contributed by atoms with Crippen LogP contribution in [0.25, 0.3) is 0 Å². The van der Waals surface area contributed by atoms with Crippen molar-refractivity contribution in [2.45, 2.75) is 5.16 Å². The Morgan fingerprint density at radius 1 is 0.449 bits per heavy atom. The second-order valence-electron chi connectivity index (χ2n) is 10.1. The van der Waals surface area contributed by atoms with Crippen LogP contribution in [0.5, 0.6) is 0 Å². The molecule has 0 bridgehead atoms. The van der Waals surface area contributed by atoms with E-state index in [1.54, 1.807) is 24.3 Å². The number of anilines is 4. The molecule has 1 heterocycles. The Morgan fingerprint density at radius 3 is 1.10 bits per heavy atom. The second-order valence-corrected chi connectivity index (χ2v) is 10.5. The van der Waals surface area contributed by atoms with Gasteiger partial charge in [0.2, 0.25) is 11.9 Å². The quantitative estimate of drug-likeness (QED) is 0.0684. The number of carbonyl (C=O) groups is 6. The third kappa shape index (κ3) is 7.55. The van der Waals surface area contributed by atoms with Crippen LogP contribution in [0, 0.1) is 0 Å². The van der Waals surface area contributed by atoms with Crippen LogP contribution < -0.4 is 10.6 Å². The maximum absolute atomic E-state index is 13.0. The van der Waals surface area contributed by atoms with Crippen molar-refractivity contribution in [1.82, 2.24) is 15.0 Å². The number of thiol groups is 1. The molecule has 0 fully saturated rings. The summed E-state index contributed by atoms with van der Waals surface area (Å²) in [6, 6.07) is 18.7. The highest BCUT2D eigenvalue weighted by molar-refractivity contribution is 7.80. The van der Waals surface area contributed by atoms with E-state index in [4.69, 9.17) is 0 Å². The first-order valence-electron chi connectivity index (χ1n) is 13.8. The van der Waals surface area contributed by atoms with Crippen molar-refractivity contribution in [3.63, 3.8) is 0 Å². The molecular weight excluding hydrogens is 658 g/mol. The van der Waals surface area contributed by atoms with Gasteiger partial charge in [0.1, 0.15) is 0 Å². The van der Waals surface area contributed by atoms with Gasteiger partial charge in [-0.25, -0.2) is 19.2 Å². The first-order valence-corrected chi connectivity index (χ1v) is 14.3. The molecule has 0 aliphatic heterocycles. The van der Waals surface area contributed by atoms with E-state index in [9.17, 15) is 49.2 Å². The van der Waals surface area contributed by atoms with Crippen molar-refractivity contribution >= 4 is 71.3 Å². The molecule has 244 valence electrons. The Hall–Kier alpha value is -6.94. The van der Waals surface area contributed by atoms with Gasteiger partial charge >= 0.3 is 23.9 Å². The Balaban J connectivity index is 1.28. The molecular formula is C33H21N5O10S. The molecule has 49 heavy (non-hydrogen) atoms. The van der Waals surface area contributed by atoms with Crippen molar-refractivity contribution in [3.8, 4) is 0 Å². The van der Waals surface area contributed by atoms with Crippen molar-refractivity contribution < 1.29 is 49.2 Å². The molecule has 0 amide bonds. The molecule has 0 atom stereocenters. The first-order chi connectivity index (χ1) is 23.3. The number of aromatic carboxylic acids is 4. The van der Waals surface area contributed by atoms with E-state index >= 15 is 0 Å². The SMILES string of the molecule is O=C(c1ccc(Nc2nc(S)nc(Nc3ccc(C(=O)c4ccc(C(=O)O)c(C(=O)O)c4)cc3)n2)cc1)c1ccc(C(=O)O)c(C(=O)O)c1. The summed E-state index contributed by atoms with van der Waals surface area (Å²) >= 11 is 4.22. The summed E-state index contributed by atoms with van der Waals surface area (Å²) in [4.78, 5) is 84.1. The van der Waals surface area contributed by atoms with Crippen molar-refractivity contribution in [1.29, 1.82) is 0 Å². The zero-order valence-corrected chi connectivity index (χ0v) is 25.5. The van der Waals surface area contributed by atoms with Crippen LogP contribution in [-0.2, 0) is 0 Å². The van der Waals surface area contributed by atoms with Gasteiger partial charge in [0, 0.05) is 33.6 Å². The topological polar surface area (TPSA) is 246 Å². The van der Waals surface area contributed by atoms with Gasteiger partial charge in [-0.3, -0.25) is 9.59 Å². The van der Waals surface area contributed by atoms with E-state index in [1.807, 2.05) is 0 Å². The van der Waals surface area contributed by atoms with Gasteiger partial charge in [0.15, 0.2) is 16.7 Å². The van der Waals surface area contributed by atoms with Crippen molar-refractivity contribution in [3.05, 3.63) is 129 Å². The molecule has 0 radical (unpaired) electrons. The smallest absolute Gasteiger partial charge is 0.336 e. The van der Waals surface area contributed by atoms with E-state index in [2.05, 4.69) is 38.2 Å². The first kappa shape index (κ1) is 33.4. The largest absolute Gasteiger partial charge is 0.478 e. The summed E-state index contributed by atoms with van der Waals surface area (Å²) in [5.41, 5.74) is -0.551. The third-order valence-corrected chi connectivity index (χ3v) is 7.12. The number of aromatic nitrogens is 3. The molecule has 16 heteroatoms. The third-order valence-electron chi connectivity index (χ3n) is 6.92. The fraction of sp³-hybridized carbons (Fsp3) is 0. The molecule has 5 aromatic rings. The highest BCUT2D eigenvalue weighted by Gasteiger charge is 2.21. The number of hydrogen-bond donors (Lipinski definition) is 7. The van der Waals surface area contributed by atoms with Gasteiger partial charge in [-0.1, -0.05) is 12.1 Å². The summed E-state index contributed by atoms with van der Waals surface area (Å²) in [7, 11) is 0. The van der Waals surface area contributed by atoms with Crippen LogP contribution in [0.1, 0.15) is 73.3 Å². The zero-order chi connectivity index (χ0) is 35.4. The molecule has 0 unspecified atom stereocenters. The highest BCUT2D eigenvalue weighted by atomic mass is 32.1. The van der Waals surface area contributed by atoms with Gasteiger partial charge in [-0.15, -0.1) is 12.6 Å². The van der Waals surface area contributed by atoms with Crippen LogP contribution in [0.15, 0.2) is 90.1 Å². The molecule has 0 aliphatic rings. The van der Waals surface area contributed by atoms with E-state index in [0.717, 1.165) is 24.3 Å². The monoisotopic (exact) mass is 679 g/mol. The lowest BCUT2D eigenvalue weighted by Gasteiger charge is -2.10. The van der Waals surface area contributed by atoms with Crippen LogP contribution in [0.3, 0.4) is 0 Å². The van der Waals surface area contributed by atoms with Gasteiger partial charge < -0.3 is 31.1 Å². The fourth-order valence-corrected chi connectivity index (χ4v) is 4.77. The molecule has 15 nitrogen and oxygen atoms in total. The number of carboxylic acids is 4. The summed E-state index contributed by atoms with van der Waals surface area (Å²) in [5, 5.41) is 43.1. The predicted molar refractivity (Wildman–Crippen MR) is 174 cm³/mol. The zero-order valence-electron chi connectivity index (χ0n) is 24.6. The van der Waals surface area contributed by atoms with Gasteiger partial charge in [0.05, 0.1) is 22.3 Å². The molecule has 6 N–H and O–H groups in total. The lowest BCUT2D eigenvalue weighted by Crippen LogP contribution is -2.11. The maximum atomic E-state index is 13.0. The molecule has 0 saturated heterocycles. The van der Waals surface area contributed by atoms with E-state index in [0.29, 0.717) is 11.4 Å². The summed E-state index contributed by atoms with van der Waals surface area (Å²) in [5.74, 6) is -6.69. The molecule has 4 aromatic carbocycles. The molecule has 0 aliphatic carbocycles. The Labute approximate surface area is 280 Å². The van der Waals surface area contributed by atoms with Crippen LogP contribution in [0.4, 0.5) is 23.3 Å². The summed E-state index contributed by atoms with van der Waals surface area (Å²) < 4.78 is 0. The Morgan fingerprint density at radius 2 is 0.776 bits per heavy atom. The Bertz CT molecular complexity index is 2040. The van der Waals surface area contributed by atoms with E-state index in [1.165, 1.54) is 36.4 Å². The number of ketones is 2. The fourth-order valence-electron chi connectivity index (χ4n) is 4.58. The van der Waals surface area contributed by atoms with Gasteiger partial charge in [0.25, 0.3) is 0 Å². The van der Waals surface area contributed by atoms with Crippen LogP contribution in [0.2, 0.25) is 0 Å². The van der Waals surface area contributed by atoms with Crippen LogP contribution >= 0.6 is 12.6 Å². The molecule has 1 aromatic heterocycles. The number of nitrogens with zero attached hydrogens (tertiary/aromatic N) is 3. The van der Waals surface area contributed by atoms with E-state index in [-0.39, 0.29) is 39.3 Å². The lowest BCUT2D eigenvalue weighted by atomic mass is 9.98. The number of carboxylic acid groups (broad SMARTS) is 4. The minimum absolute atomic E-state index is 0.00451. The maximum Gasteiger partial charge on any atom is 0.336 e. The molecule has 0 spiro atoms. The average Bonchev–Trinajstić information content (AvgIpc) is 3.07. The lowest BCUT2D eigenvalue weighted by molar-refractivity contribution is 0.0651.